The minimum atomic E-state index is 0.483. The van der Waals surface area contributed by atoms with Crippen molar-refractivity contribution in [3.05, 3.63) is 28.2 Å². The van der Waals surface area contributed by atoms with E-state index in [-0.39, 0.29) is 0 Å². The van der Waals surface area contributed by atoms with Crippen molar-refractivity contribution in [1.29, 1.82) is 0 Å². The number of nitrogens with one attached hydrogen (secondary N) is 2. The highest BCUT2D eigenvalue weighted by Gasteiger charge is 2.13. The van der Waals surface area contributed by atoms with Gasteiger partial charge in [0.05, 0.1) is 12.8 Å². The molecular weight excluding hydrogens is 362 g/mol. The van der Waals surface area contributed by atoms with Crippen molar-refractivity contribution in [2.75, 3.05) is 6.61 Å². The van der Waals surface area contributed by atoms with Crippen LogP contribution in [0.15, 0.2) is 27.8 Å². The molecule has 0 atom stereocenters. The molecule has 0 amide bonds. The van der Waals surface area contributed by atoms with Crippen LogP contribution in [0, 0.1) is 0 Å². The van der Waals surface area contributed by atoms with E-state index in [0.717, 1.165) is 15.8 Å². The lowest BCUT2D eigenvalue weighted by atomic mass is 9.96. The molecule has 120 valence electrons. The first kappa shape index (κ1) is 17.2. The fraction of sp³-hybridized carbons (Fsp3) is 0.500. The molecule has 2 N–H and O–H groups in total. The number of halogens is 1. The maximum atomic E-state index is 5.49. The summed E-state index contributed by atoms with van der Waals surface area (Å²) in [5, 5.41) is 8.11. The van der Waals surface area contributed by atoms with E-state index in [2.05, 4.69) is 31.8 Å². The van der Waals surface area contributed by atoms with E-state index in [1.807, 2.05) is 25.1 Å². The Morgan fingerprint density at radius 1 is 1.41 bits per heavy atom. The lowest BCUT2D eigenvalue weighted by Gasteiger charge is -2.23. The molecule has 0 bridgehead atoms. The average Bonchev–Trinajstić information content (AvgIpc) is 2.51. The average molecular weight is 384 g/mol. The first-order chi connectivity index (χ1) is 10.7. The molecule has 0 saturated heterocycles. The van der Waals surface area contributed by atoms with E-state index in [1.54, 1.807) is 6.21 Å². The number of rotatable bonds is 5. The maximum Gasteiger partial charge on any atom is 0.187 e. The molecule has 0 aliphatic heterocycles. The molecule has 1 fully saturated rings. The molecule has 22 heavy (non-hydrogen) atoms. The van der Waals surface area contributed by atoms with E-state index in [0.29, 0.717) is 17.8 Å². The molecule has 1 aliphatic rings. The van der Waals surface area contributed by atoms with Gasteiger partial charge in [-0.15, -0.1) is 0 Å². The number of hydrazone groups is 1. The highest BCUT2D eigenvalue weighted by Crippen LogP contribution is 2.21. The van der Waals surface area contributed by atoms with Gasteiger partial charge in [0.15, 0.2) is 5.11 Å². The van der Waals surface area contributed by atoms with Crippen molar-refractivity contribution < 1.29 is 4.74 Å². The van der Waals surface area contributed by atoms with Gasteiger partial charge in [0.2, 0.25) is 0 Å². The fourth-order valence-electron chi connectivity index (χ4n) is 2.50. The van der Waals surface area contributed by atoms with Gasteiger partial charge in [-0.2, -0.15) is 5.10 Å². The third kappa shape index (κ3) is 5.57. The van der Waals surface area contributed by atoms with E-state index < -0.39 is 0 Å². The summed E-state index contributed by atoms with van der Waals surface area (Å²) in [6.45, 7) is 2.61. The Hall–Kier alpha value is -1.14. The summed E-state index contributed by atoms with van der Waals surface area (Å²) in [6.07, 6.45) is 8.00. The first-order valence-corrected chi connectivity index (χ1v) is 8.91. The smallest absolute Gasteiger partial charge is 0.187 e. The molecule has 0 unspecified atom stereocenters. The molecule has 1 aromatic carbocycles. The zero-order chi connectivity index (χ0) is 15.8. The molecule has 0 spiro atoms. The second-order valence-electron chi connectivity index (χ2n) is 5.29. The zero-order valence-corrected chi connectivity index (χ0v) is 15.2. The monoisotopic (exact) mass is 383 g/mol. The number of nitrogens with zero attached hydrogens (tertiary/aromatic N) is 1. The fourth-order valence-corrected chi connectivity index (χ4v) is 3.07. The summed E-state index contributed by atoms with van der Waals surface area (Å²) in [6, 6.07) is 6.30. The largest absolute Gasteiger partial charge is 0.494 e. The Morgan fingerprint density at radius 2 is 2.18 bits per heavy atom. The van der Waals surface area contributed by atoms with Gasteiger partial charge in [-0.25, -0.2) is 0 Å². The lowest BCUT2D eigenvalue weighted by molar-refractivity contribution is 0.340. The normalized spacial score (nSPS) is 15.7. The van der Waals surface area contributed by atoms with Crippen LogP contribution in [0.5, 0.6) is 5.75 Å². The van der Waals surface area contributed by atoms with Gasteiger partial charge >= 0.3 is 0 Å². The van der Waals surface area contributed by atoms with Crippen LogP contribution >= 0.6 is 28.1 Å². The quantitative estimate of drug-likeness (QED) is 0.458. The molecule has 6 heteroatoms. The molecule has 2 rings (SSSR count). The standard InChI is InChI=1S/C16H22BrN3OS/c1-2-21-14-8-9-15(17)12(10-14)11-18-20-16(22)19-13-6-4-3-5-7-13/h8-11,13H,2-7H2,1H3,(H2,19,20,22). The predicted octanol–water partition coefficient (Wildman–Crippen LogP) is 3.98. The second-order valence-corrected chi connectivity index (χ2v) is 6.56. The lowest BCUT2D eigenvalue weighted by Crippen LogP contribution is -2.40. The third-order valence-corrected chi connectivity index (χ3v) is 4.52. The molecule has 0 aromatic heterocycles. The van der Waals surface area contributed by atoms with Gasteiger partial charge in [0.1, 0.15) is 5.75 Å². The Morgan fingerprint density at radius 3 is 2.91 bits per heavy atom. The number of ether oxygens (including phenoxy) is 1. The molecule has 4 nitrogen and oxygen atoms in total. The Bertz CT molecular complexity index is 530. The summed E-state index contributed by atoms with van der Waals surface area (Å²) in [5.41, 5.74) is 3.83. The van der Waals surface area contributed by atoms with Crippen molar-refractivity contribution >= 4 is 39.5 Å². The van der Waals surface area contributed by atoms with Gasteiger partial charge in [-0.3, -0.25) is 5.43 Å². The minimum Gasteiger partial charge on any atom is -0.494 e. The van der Waals surface area contributed by atoms with Gasteiger partial charge in [-0.1, -0.05) is 35.2 Å². The summed E-state index contributed by atoms with van der Waals surface area (Å²) in [5.74, 6) is 0.829. The molecule has 0 heterocycles. The second kappa shape index (κ2) is 9.10. The van der Waals surface area contributed by atoms with Crippen LogP contribution in [0.3, 0.4) is 0 Å². The molecule has 1 saturated carbocycles. The van der Waals surface area contributed by atoms with E-state index >= 15 is 0 Å². The SMILES string of the molecule is CCOc1ccc(Br)c(C=NNC(=S)NC2CCCCC2)c1. The van der Waals surface area contributed by atoms with Crippen molar-refractivity contribution in [2.45, 2.75) is 45.1 Å². The Labute approximate surface area is 145 Å². The Kier molecular flexibility index (Phi) is 7.12. The van der Waals surface area contributed by atoms with Crippen molar-refractivity contribution in [1.82, 2.24) is 10.7 Å². The van der Waals surface area contributed by atoms with Gasteiger partial charge in [0.25, 0.3) is 0 Å². The number of thiocarbonyl (C=S) groups is 1. The van der Waals surface area contributed by atoms with Gasteiger partial charge < -0.3 is 10.1 Å². The van der Waals surface area contributed by atoms with E-state index in [9.17, 15) is 0 Å². The highest BCUT2D eigenvalue weighted by atomic mass is 79.9. The van der Waals surface area contributed by atoms with Crippen LogP contribution in [-0.2, 0) is 0 Å². The molecule has 1 aromatic rings. The topological polar surface area (TPSA) is 45.6 Å². The van der Waals surface area contributed by atoms with Crippen LogP contribution in [0.4, 0.5) is 0 Å². The van der Waals surface area contributed by atoms with Gasteiger partial charge in [0, 0.05) is 16.1 Å². The zero-order valence-electron chi connectivity index (χ0n) is 12.8. The molecular formula is C16H22BrN3OS. The van der Waals surface area contributed by atoms with E-state index in [1.165, 1.54) is 32.1 Å². The van der Waals surface area contributed by atoms with Crippen LogP contribution in [0.1, 0.15) is 44.6 Å². The van der Waals surface area contributed by atoms with Crippen molar-refractivity contribution in [3.8, 4) is 5.75 Å². The maximum absolute atomic E-state index is 5.49. The summed E-state index contributed by atoms with van der Waals surface area (Å²) in [4.78, 5) is 0. The summed E-state index contributed by atoms with van der Waals surface area (Å²) < 4.78 is 6.45. The molecule has 0 radical (unpaired) electrons. The molecule has 1 aliphatic carbocycles. The van der Waals surface area contributed by atoms with Crippen LogP contribution in [0.2, 0.25) is 0 Å². The first-order valence-electron chi connectivity index (χ1n) is 7.71. The highest BCUT2D eigenvalue weighted by molar-refractivity contribution is 9.10. The van der Waals surface area contributed by atoms with Crippen LogP contribution < -0.4 is 15.5 Å². The van der Waals surface area contributed by atoms with Gasteiger partial charge in [-0.05, 0) is 50.2 Å². The summed E-state index contributed by atoms with van der Waals surface area (Å²) >= 11 is 8.78. The summed E-state index contributed by atoms with van der Waals surface area (Å²) in [7, 11) is 0. The third-order valence-electron chi connectivity index (χ3n) is 3.59. The Balaban J connectivity index is 1.85. The van der Waals surface area contributed by atoms with Crippen LogP contribution in [-0.4, -0.2) is 24.0 Å². The van der Waals surface area contributed by atoms with Crippen molar-refractivity contribution in [3.63, 3.8) is 0 Å². The number of benzene rings is 1. The minimum absolute atomic E-state index is 0.483. The van der Waals surface area contributed by atoms with E-state index in [4.69, 9.17) is 17.0 Å². The number of hydrogen-bond acceptors (Lipinski definition) is 3. The van der Waals surface area contributed by atoms with Crippen LogP contribution in [0.25, 0.3) is 0 Å². The number of hydrogen-bond donors (Lipinski definition) is 2. The predicted molar refractivity (Wildman–Crippen MR) is 98.6 cm³/mol. The van der Waals surface area contributed by atoms with Crippen molar-refractivity contribution in [2.24, 2.45) is 5.10 Å².